The first-order valence-electron chi connectivity index (χ1n) is 7.07. The van der Waals surface area contributed by atoms with Crippen molar-refractivity contribution < 1.29 is 8.42 Å². The lowest BCUT2D eigenvalue weighted by molar-refractivity contribution is 0.211. The molecule has 3 rings (SSSR count). The minimum absolute atomic E-state index is 0.121. The average molecular weight is 283 g/mol. The molecule has 106 valence electrons. The Hall–Kier alpha value is -0.850. The molecule has 0 aliphatic carbocycles. The molecular formula is C13H21N3O2S. The van der Waals surface area contributed by atoms with E-state index in [1.165, 1.54) is 0 Å². The molecule has 2 unspecified atom stereocenters. The molecule has 2 fully saturated rings. The molecule has 2 aliphatic rings. The molecule has 0 spiro atoms. The van der Waals surface area contributed by atoms with Crippen LogP contribution >= 0.6 is 0 Å². The van der Waals surface area contributed by atoms with Crippen molar-refractivity contribution in [3.05, 3.63) is 18.5 Å². The number of H-pyrrole nitrogens is 1. The van der Waals surface area contributed by atoms with Gasteiger partial charge in [0.1, 0.15) is 0 Å². The maximum Gasteiger partial charge on any atom is 0.244 e. The summed E-state index contributed by atoms with van der Waals surface area (Å²) in [4.78, 5) is 3.22. The van der Waals surface area contributed by atoms with E-state index in [0.29, 0.717) is 17.5 Å². The molecule has 2 saturated heterocycles. The van der Waals surface area contributed by atoms with Crippen LogP contribution in [0.15, 0.2) is 23.4 Å². The first-order valence-corrected chi connectivity index (χ1v) is 8.51. The van der Waals surface area contributed by atoms with Crippen LogP contribution in [0.4, 0.5) is 0 Å². The summed E-state index contributed by atoms with van der Waals surface area (Å²) >= 11 is 0. The van der Waals surface area contributed by atoms with Gasteiger partial charge < -0.3 is 10.3 Å². The van der Waals surface area contributed by atoms with Gasteiger partial charge in [-0.2, -0.15) is 4.31 Å². The molecule has 0 bridgehead atoms. The van der Waals surface area contributed by atoms with Crippen molar-refractivity contribution in [1.82, 2.24) is 14.6 Å². The summed E-state index contributed by atoms with van der Waals surface area (Å²) in [7, 11) is -3.34. The molecule has 5 nitrogen and oxygen atoms in total. The lowest BCUT2D eigenvalue weighted by Gasteiger charge is -2.38. The van der Waals surface area contributed by atoms with E-state index in [2.05, 4.69) is 10.3 Å². The molecule has 1 aromatic heterocycles. The fourth-order valence-corrected chi connectivity index (χ4v) is 4.98. The van der Waals surface area contributed by atoms with Crippen LogP contribution < -0.4 is 5.32 Å². The van der Waals surface area contributed by atoms with Crippen LogP contribution in [-0.4, -0.2) is 42.9 Å². The van der Waals surface area contributed by atoms with Gasteiger partial charge in [-0.05, 0) is 38.3 Å². The van der Waals surface area contributed by atoms with Crippen LogP contribution in [0.3, 0.4) is 0 Å². The van der Waals surface area contributed by atoms with E-state index < -0.39 is 10.0 Å². The second kappa shape index (κ2) is 5.26. The van der Waals surface area contributed by atoms with Crippen molar-refractivity contribution in [3.63, 3.8) is 0 Å². The van der Waals surface area contributed by atoms with Crippen LogP contribution in [0.25, 0.3) is 0 Å². The topological polar surface area (TPSA) is 65.2 Å². The highest BCUT2D eigenvalue weighted by molar-refractivity contribution is 7.89. The molecule has 2 aliphatic heterocycles. The fraction of sp³-hybridized carbons (Fsp3) is 0.692. The van der Waals surface area contributed by atoms with Crippen LogP contribution in [0, 0.1) is 0 Å². The van der Waals surface area contributed by atoms with Gasteiger partial charge in [-0.1, -0.05) is 6.42 Å². The van der Waals surface area contributed by atoms with Crippen molar-refractivity contribution >= 4 is 10.0 Å². The van der Waals surface area contributed by atoms with Crippen LogP contribution in [0.5, 0.6) is 0 Å². The Morgan fingerprint density at radius 3 is 2.79 bits per heavy atom. The zero-order valence-electron chi connectivity index (χ0n) is 11.0. The quantitative estimate of drug-likeness (QED) is 0.879. The molecule has 19 heavy (non-hydrogen) atoms. The summed E-state index contributed by atoms with van der Waals surface area (Å²) in [6.07, 6.45) is 8.54. The molecule has 0 amide bonds. The number of piperidine rings is 1. The SMILES string of the molecule is O=S(=O)(c1cc[nH]c1)N1CCCCC1C1CCCN1. The Kier molecular flexibility index (Phi) is 3.64. The predicted molar refractivity (Wildman–Crippen MR) is 73.3 cm³/mol. The molecule has 6 heteroatoms. The van der Waals surface area contributed by atoms with E-state index >= 15 is 0 Å². The van der Waals surface area contributed by atoms with Gasteiger partial charge >= 0.3 is 0 Å². The minimum atomic E-state index is -3.34. The molecule has 3 heterocycles. The Labute approximate surface area is 114 Å². The summed E-state index contributed by atoms with van der Waals surface area (Å²) in [5.41, 5.74) is 0. The van der Waals surface area contributed by atoms with Gasteiger partial charge in [-0.3, -0.25) is 0 Å². The number of rotatable bonds is 3. The normalized spacial score (nSPS) is 29.7. The molecule has 0 saturated carbocycles. The lowest BCUT2D eigenvalue weighted by atomic mass is 9.97. The van der Waals surface area contributed by atoms with E-state index in [1.54, 1.807) is 22.8 Å². The maximum atomic E-state index is 12.7. The lowest BCUT2D eigenvalue weighted by Crippen LogP contribution is -2.52. The Morgan fingerprint density at radius 2 is 2.11 bits per heavy atom. The highest BCUT2D eigenvalue weighted by Gasteiger charge is 2.38. The van der Waals surface area contributed by atoms with Crippen molar-refractivity contribution in [2.45, 2.75) is 49.1 Å². The predicted octanol–water partition coefficient (Wildman–Crippen LogP) is 1.31. The first kappa shape index (κ1) is 13.1. The van der Waals surface area contributed by atoms with E-state index in [1.807, 2.05) is 0 Å². The number of sulfonamides is 1. The second-order valence-corrected chi connectivity index (χ2v) is 7.32. The Balaban J connectivity index is 1.87. The van der Waals surface area contributed by atoms with Crippen molar-refractivity contribution in [2.75, 3.05) is 13.1 Å². The van der Waals surface area contributed by atoms with Gasteiger partial charge in [-0.25, -0.2) is 8.42 Å². The molecular weight excluding hydrogens is 262 g/mol. The highest BCUT2D eigenvalue weighted by Crippen LogP contribution is 2.29. The molecule has 0 aromatic carbocycles. The summed E-state index contributed by atoms with van der Waals surface area (Å²) in [6.45, 7) is 1.66. The number of hydrogen-bond acceptors (Lipinski definition) is 3. The molecule has 0 radical (unpaired) electrons. The van der Waals surface area contributed by atoms with Gasteiger partial charge in [0.05, 0.1) is 4.90 Å². The summed E-state index contributed by atoms with van der Waals surface area (Å²) in [5.74, 6) is 0. The molecule has 1 aromatic rings. The Morgan fingerprint density at radius 1 is 1.21 bits per heavy atom. The summed E-state index contributed by atoms with van der Waals surface area (Å²) < 4.78 is 27.1. The van der Waals surface area contributed by atoms with Gasteiger partial charge in [-0.15, -0.1) is 0 Å². The van der Waals surface area contributed by atoms with Gasteiger partial charge in [0.25, 0.3) is 0 Å². The zero-order valence-corrected chi connectivity index (χ0v) is 11.8. The first-order chi connectivity index (χ1) is 9.19. The van der Waals surface area contributed by atoms with Crippen molar-refractivity contribution in [2.24, 2.45) is 0 Å². The van der Waals surface area contributed by atoms with Crippen molar-refractivity contribution in [3.8, 4) is 0 Å². The van der Waals surface area contributed by atoms with Gasteiger partial charge in [0.15, 0.2) is 0 Å². The van der Waals surface area contributed by atoms with Crippen molar-refractivity contribution in [1.29, 1.82) is 0 Å². The number of aromatic amines is 1. The summed E-state index contributed by atoms with van der Waals surface area (Å²) in [5, 5.41) is 3.46. The highest BCUT2D eigenvalue weighted by atomic mass is 32.2. The van der Waals surface area contributed by atoms with Crippen LogP contribution in [0.1, 0.15) is 32.1 Å². The van der Waals surface area contributed by atoms with E-state index in [4.69, 9.17) is 0 Å². The number of nitrogens with one attached hydrogen (secondary N) is 2. The third-order valence-electron chi connectivity index (χ3n) is 4.24. The zero-order chi connectivity index (χ0) is 13.3. The monoisotopic (exact) mass is 283 g/mol. The minimum Gasteiger partial charge on any atom is -0.366 e. The number of aromatic nitrogens is 1. The fourth-order valence-electron chi connectivity index (χ4n) is 3.28. The largest absolute Gasteiger partial charge is 0.366 e. The van der Waals surface area contributed by atoms with Gasteiger partial charge in [0, 0.05) is 31.0 Å². The molecule has 2 atom stereocenters. The Bertz CT molecular complexity index is 506. The van der Waals surface area contributed by atoms with Crippen LogP contribution in [-0.2, 0) is 10.0 Å². The maximum absolute atomic E-state index is 12.7. The standard InChI is InChI=1S/C13H21N3O2S/c17-19(18,11-6-8-14-10-11)16-9-2-1-5-13(16)12-4-3-7-15-12/h6,8,10,12-15H,1-5,7,9H2. The third kappa shape index (κ3) is 2.44. The van der Waals surface area contributed by atoms with Gasteiger partial charge in [0.2, 0.25) is 10.0 Å². The third-order valence-corrected chi connectivity index (χ3v) is 6.16. The second-order valence-electron chi connectivity index (χ2n) is 5.43. The van der Waals surface area contributed by atoms with E-state index in [-0.39, 0.29) is 6.04 Å². The average Bonchev–Trinajstić information content (AvgIpc) is 3.12. The molecule has 2 N–H and O–H groups in total. The van der Waals surface area contributed by atoms with E-state index in [0.717, 1.165) is 38.6 Å². The summed E-state index contributed by atoms with van der Waals surface area (Å²) in [6, 6.07) is 2.09. The number of hydrogen-bond donors (Lipinski definition) is 2. The van der Waals surface area contributed by atoms with Crippen LogP contribution in [0.2, 0.25) is 0 Å². The smallest absolute Gasteiger partial charge is 0.244 e. The van der Waals surface area contributed by atoms with E-state index in [9.17, 15) is 8.42 Å². The number of nitrogens with zero attached hydrogens (tertiary/aromatic N) is 1.